The fourth-order valence-corrected chi connectivity index (χ4v) is 4.75. The predicted molar refractivity (Wildman–Crippen MR) is 98.1 cm³/mol. The van der Waals surface area contributed by atoms with E-state index in [4.69, 9.17) is 5.73 Å². The molecule has 7 nitrogen and oxygen atoms in total. The summed E-state index contributed by atoms with van der Waals surface area (Å²) >= 11 is 1.65. The molecule has 2 aliphatic carbocycles. The molecule has 2 saturated carbocycles. The Labute approximate surface area is 156 Å². The molecule has 2 aromatic heterocycles. The van der Waals surface area contributed by atoms with Crippen molar-refractivity contribution in [2.24, 2.45) is 11.7 Å². The van der Waals surface area contributed by atoms with Crippen LogP contribution < -0.4 is 5.73 Å². The van der Waals surface area contributed by atoms with Crippen LogP contribution in [0, 0.1) is 5.92 Å². The summed E-state index contributed by atoms with van der Waals surface area (Å²) in [5.41, 5.74) is 6.60. The normalized spacial score (nSPS) is 24.5. The molecule has 3 N–H and O–H groups in total. The summed E-state index contributed by atoms with van der Waals surface area (Å²) < 4.78 is 1.92. The molecule has 0 aliphatic heterocycles. The van der Waals surface area contributed by atoms with Crippen molar-refractivity contribution in [3.63, 3.8) is 0 Å². The van der Waals surface area contributed by atoms with Gasteiger partial charge in [0.15, 0.2) is 0 Å². The van der Waals surface area contributed by atoms with E-state index in [2.05, 4.69) is 15.2 Å². The number of carbonyl (C=O) groups is 1. The van der Waals surface area contributed by atoms with E-state index in [1.807, 2.05) is 10.8 Å². The van der Waals surface area contributed by atoms with Crippen LogP contribution >= 0.6 is 11.3 Å². The SMILES string of the molecule is NC1CCC(CC(C(=O)O)c2cn(Cc3nnc(C4CC4)s3)cn2)CC1. The second-order valence-corrected chi connectivity index (χ2v) is 8.78. The fourth-order valence-electron chi connectivity index (χ4n) is 3.73. The Morgan fingerprint density at radius 3 is 2.73 bits per heavy atom. The lowest BCUT2D eigenvalue weighted by atomic mass is 9.80. The van der Waals surface area contributed by atoms with Gasteiger partial charge in [0.25, 0.3) is 0 Å². The topological polar surface area (TPSA) is 107 Å². The van der Waals surface area contributed by atoms with Crippen LogP contribution in [0.3, 0.4) is 0 Å². The highest BCUT2D eigenvalue weighted by molar-refractivity contribution is 7.11. The van der Waals surface area contributed by atoms with Crippen molar-refractivity contribution in [3.05, 3.63) is 28.2 Å². The van der Waals surface area contributed by atoms with Gasteiger partial charge in [0, 0.05) is 18.2 Å². The first-order valence-electron chi connectivity index (χ1n) is 9.41. The standard InChI is InChI=1S/C18H25N5O2S/c19-13-5-1-11(2-6-13)7-14(18(24)25)15-8-23(10-20-15)9-16-21-22-17(26-16)12-3-4-12/h8,10-14H,1-7,9,19H2,(H,24,25). The molecular formula is C18H25N5O2S. The van der Waals surface area contributed by atoms with Crippen LogP contribution in [0.2, 0.25) is 0 Å². The highest BCUT2D eigenvalue weighted by atomic mass is 32.1. The second kappa shape index (κ2) is 7.44. The van der Waals surface area contributed by atoms with Crippen molar-refractivity contribution in [3.8, 4) is 0 Å². The zero-order valence-corrected chi connectivity index (χ0v) is 15.6. The Morgan fingerprint density at radius 1 is 1.27 bits per heavy atom. The molecule has 8 heteroatoms. The number of nitrogens with two attached hydrogens (primary N) is 1. The molecule has 0 amide bonds. The molecule has 1 unspecified atom stereocenters. The largest absolute Gasteiger partial charge is 0.481 e. The number of aromatic nitrogens is 4. The molecule has 2 aromatic rings. The number of rotatable bonds is 7. The lowest BCUT2D eigenvalue weighted by Gasteiger charge is -2.27. The molecule has 0 spiro atoms. The first kappa shape index (κ1) is 17.6. The minimum atomic E-state index is -0.794. The summed E-state index contributed by atoms with van der Waals surface area (Å²) in [6.07, 6.45) is 10.7. The maximum Gasteiger partial charge on any atom is 0.312 e. The molecule has 26 heavy (non-hydrogen) atoms. The average molecular weight is 375 g/mol. The summed E-state index contributed by atoms with van der Waals surface area (Å²) in [5, 5.41) is 20.3. The monoisotopic (exact) mass is 375 g/mol. The molecule has 0 saturated heterocycles. The lowest BCUT2D eigenvalue weighted by Crippen LogP contribution is -2.28. The Balaban J connectivity index is 1.41. The molecule has 0 bridgehead atoms. The van der Waals surface area contributed by atoms with Crippen molar-refractivity contribution in [1.29, 1.82) is 0 Å². The van der Waals surface area contributed by atoms with Crippen LogP contribution in [-0.2, 0) is 11.3 Å². The van der Waals surface area contributed by atoms with E-state index in [0.717, 1.165) is 35.7 Å². The quantitative estimate of drug-likeness (QED) is 0.770. The zero-order valence-electron chi connectivity index (χ0n) is 14.8. The van der Waals surface area contributed by atoms with Gasteiger partial charge < -0.3 is 15.4 Å². The van der Waals surface area contributed by atoms with Gasteiger partial charge in [0.2, 0.25) is 0 Å². The number of nitrogens with zero attached hydrogens (tertiary/aromatic N) is 4. The van der Waals surface area contributed by atoms with Gasteiger partial charge in [-0.1, -0.05) is 11.3 Å². The molecule has 140 valence electrons. The van der Waals surface area contributed by atoms with Gasteiger partial charge >= 0.3 is 5.97 Å². The Kier molecular flexibility index (Phi) is 5.04. The van der Waals surface area contributed by atoms with Gasteiger partial charge in [-0.15, -0.1) is 10.2 Å². The van der Waals surface area contributed by atoms with Gasteiger partial charge in [-0.2, -0.15) is 0 Å². The number of carboxylic acid groups (broad SMARTS) is 1. The molecule has 2 heterocycles. The van der Waals surface area contributed by atoms with E-state index in [9.17, 15) is 9.90 Å². The summed E-state index contributed by atoms with van der Waals surface area (Å²) in [6, 6.07) is 0.279. The summed E-state index contributed by atoms with van der Waals surface area (Å²) in [4.78, 5) is 16.2. The third-order valence-corrected chi connectivity index (χ3v) is 6.57. The van der Waals surface area contributed by atoms with E-state index < -0.39 is 11.9 Å². The molecule has 2 aliphatic rings. The molecule has 4 rings (SSSR count). The van der Waals surface area contributed by atoms with E-state index in [1.165, 1.54) is 12.8 Å². The lowest BCUT2D eigenvalue weighted by molar-refractivity contribution is -0.139. The van der Waals surface area contributed by atoms with Crippen LogP contribution in [0.25, 0.3) is 0 Å². The number of hydrogen-bond acceptors (Lipinski definition) is 6. The zero-order chi connectivity index (χ0) is 18.1. The van der Waals surface area contributed by atoms with Gasteiger partial charge in [-0.3, -0.25) is 4.79 Å². The van der Waals surface area contributed by atoms with Crippen molar-refractivity contribution in [2.75, 3.05) is 0 Å². The Hall–Kier alpha value is -1.80. The van der Waals surface area contributed by atoms with Crippen molar-refractivity contribution < 1.29 is 9.90 Å². The van der Waals surface area contributed by atoms with Crippen LogP contribution in [0.5, 0.6) is 0 Å². The van der Waals surface area contributed by atoms with Gasteiger partial charge in [-0.25, -0.2) is 4.98 Å². The molecule has 0 radical (unpaired) electrons. The van der Waals surface area contributed by atoms with Crippen molar-refractivity contribution in [2.45, 2.75) is 69.4 Å². The van der Waals surface area contributed by atoms with Gasteiger partial charge in [0.05, 0.1) is 18.6 Å². The Bertz CT molecular complexity index is 761. The Morgan fingerprint density at radius 2 is 2.04 bits per heavy atom. The summed E-state index contributed by atoms with van der Waals surface area (Å²) in [6.45, 7) is 0.599. The number of imidazole rings is 1. The third-order valence-electron chi connectivity index (χ3n) is 5.50. The van der Waals surface area contributed by atoms with Crippen LogP contribution in [0.4, 0.5) is 0 Å². The van der Waals surface area contributed by atoms with E-state index in [0.29, 0.717) is 30.5 Å². The van der Waals surface area contributed by atoms with E-state index in [1.54, 1.807) is 17.7 Å². The molecule has 0 aromatic carbocycles. The highest BCUT2D eigenvalue weighted by Gasteiger charge is 2.29. The van der Waals surface area contributed by atoms with Crippen molar-refractivity contribution in [1.82, 2.24) is 19.7 Å². The van der Waals surface area contributed by atoms with Crippen LogP contribution in [0.15, 0.2) is 12.5 Å². The minimum Gasteiger partial charge on any atom is -0.481 e. The highest BCUT2D eigenvalue weighted by Crippen LogP contribution is 2.41. The number of carboxylic acids is 1. The maximum atomic E-state index is 11.8. The average Bonchev–Trinajstić information content (AvgIpc) is 3.20. The smallest absolute Gasteiger partial charge is 0.312 e. The fraction of sp³-hybridized carbons (Fsp3) is 0.667. The second-order valence-electron chi connectivity index (χ2n) is 7.69. The van der Waals surface area contributed by atoms with E-state index in [-0.39, 0.29) is 6.04 Å². The predicted octanol–water partition coefficient (Wildman–Crippen LogP) is 2.74. The molecule has 1 atom stereocenters. The van der Waals surface area contributed by atoms with Crippen LogP contribution in [-0.4, -0.2) is 36.9 Å². The minimum absolute atomic E-state index is 0.279. The van der Waals surface area contributed by atoms with Crippen molar-refractivity contribution >= 4 is 17.3 Å². The van der Waals surface area contributed by atoms with E-state index >= 15 is 0 Å². The number of hydrogen-bond donors (Lipinski definition) is 2. The van der Waals surface area contributed by atoms with Gasteiger partial charge in [0.1, 0.15) is 15.9 Å². The summed E-state index contributed by atoms with van der Waals surface area (Å²) in [7, 11) is 0. The third kappa shape index (κ3) is 4.12. The van der Waals surface area contributed by atoms with Crippen LogP contribution in [0.1, 0.15) is 72.5 Å². The molecular weight excluding hydrogens is 350 g/mol. The number of aliphatic carboxylic acids is 1. The summed E-state index contributed by atoms with van der Waals surface area (Å²) in [5.74, 6) is -0.311. The first-order chi connectivity index (χ1) is 12.6. The molecule has 2 fully saturated rings. The first-order valence-corrected chi connectivity index (χ1v) is 10.2. The van der Waals surface area contributed by atoms with Gasteiger partial charge in [-0.05, 0) is 50.9 Å². The maximum absolute atomic E-state index is 11.8.